The number of aliphatic hydroxyl groups is 1. The predicted molar refractivity (Wildman–Crippen MR) is 106 cm³/mol. The Morgan fingerprint density at radius 1 is 1.10 bits per heavy atom. The Kier molecular flexibility index (Phi) is 6.00. The van der Waals surface area contributed by atoms with Gasteiger partial charge in [0.2, 0.25) is 0 Å². The zero-order valence-corrected chi connectivity index (χ0v) is 17.3. The molecule has 6 nitrogen and oxygen atoms in total. The van der Waals surface area contributed by atoms with Crippen LogP contribution in [0.2, 0.25) is 0 Å². The summed E-state index contributed by atoms with van der Waals surface area (Å²) in [6.07, 6.45) is -5.65. The molecule has 1 heterocycles. The van der Waals surface area contributed by atoms with Crippen LogP contribution >= 0.6 is 0 Å². The van der Waals surface area contributed by atoms with Gasteiger partial charge in [-0.25, -0.2) is 4.79 Å². The first kappa shape index (κ1) is 22.6. The molecule has 1 fully saturated rings. The maximum absolute atomic E-state index is 12.9. The number of nitrogens with one attached hydrogen (secondary N) is 1. The number of benzene rings is 2. The van der Waals surface area contributed by atoms with E-state index in [0.717, 1.165) is 40.3 Å². The first-order valence-corrected chi connectivity index (χ1v) is 9.61. The smallest absolute Gasteiger partial charge is 0.416 e. The number of alkyl halides is 3. The van der Waals surface area contributed by atoms with E-state index in [1.165, 1.54) is 6.92 Å². The first-order chi connectivity index (χ1) is 14.4. The molecule has 2 aromatic carbocycles. The third-order valence-electron chi connectivity index (χ3n) is 5.10. The Bertz CT molecular complexity index is 971. The van der Waals surface area contributed by atoms with Gasteiger partial charge in [0.1, 0.15) is 24.0 Å². The average molecular weight is 436 g/mol. The molecular weight excluding hydrogens is 413 g/mol. The van der Waals surface area contributed by atoms with Crippen molar-refractivity contribution in [2.45, 2.75) is 38.6 Å². The number of ether oxygens (including phenoxy) is 1. The van der Waals surface area contributed by atoms with E-state index in [2.05, 4.69) is 5.32 Å². The van der Waals surface area contributed by atoms with Crippen LogP contribution < -0.4 is 10.1 Å². The highest BCUT2D eigenvalue weighted by molar-refractivity contribution is 6.07. The lowest BCUT2D eigenvalue weighted by atomic mass is 9.91. The summed E-state index contributed by atoms with van der Waals surface area (Å²) in [5.41, 5.74) is -0.193. The van der Waals surface area contributed by atoms with E-state index in [0.29, 0.717) is 5.75 Å². The van der Waals surface area contributed by atoms with Gasteiger partial charge < -0.3 is 15.2 Å². The molecule has 0 saturated carbocycles. The van der Waals surface area contributed by atoms with Gasteiger partial charge >= 0.3 is 12.2 Å². The summed E-state index contributed by atoms with van der Waals surface area (Å²) in [5, 5.41) is 12.8. The molecule has 0 aromatic heterocycles. The zero-order valence-electron chi connectivity index (χ0n) is 17.3. The maximum Gasteiger partial charge on any atom is 0.416 e. The molecule has 0 aliphatic carbocycles. The van der Waals surface area contributed by atoms with Crippen LogP contribution in [0.5, 0.6) is 5.75 Å². The van der Waals surface area contributed by atoms with Crippen LogP contribution in [0, 0.1) is 13.8 Å². The second-order valence-electron chi connectivity index (χ2n) is 7.83. The highest BCUT2D eigenvalue weighted by Gasteiger charge is 2.49. The van der Waals surface area contributed by atoms with Gasteiger partial charge in [-0.05, 0) is 61.7 Å². The molecule has 0 bridgehead atoms. The Morgan fingerprint density at radius 3 is 2.23 bits per heavy atom. The molecule has 31 heavy (non-hydrogen) atoms. The van der Waals surface area contributed by atoms with Crippen LogP contribution in [0.15, 0.2) is 42.5 Å². The number of urea groups is 1. The molecule has 1 aliphatic rings. The third kappa shape index (κ3) is 4.82. The van der Waals surface area contributed by atoms with E-state index >= 15 is 0 Å². The predicted octanol–water partition coefficient (Wildman–Crippen LogP) is 3.53. The summed E-state index contributed by atoms with van der Waals surface area (Å²) in [5.74, 6) is -0.106. The van der Waals surface area contributed by atoms with Crippen molar-refractivity contribution in [3.05, 3.63) is 64.7 Å². The van der Waals surface area contributed by atoms with Gasteiger partial charge in [0.25, 0.3) is 5.91 Å². The Morgan fingerprint density at radius 2 is 1.68 bits per heavy atom. The Labute approximate surface area is 177 Å². The minimum atomic E-state index is -4.51. The molecule has 1 aliphatic heterocycles. The van der Waals surface area contributed by atoms with Gasteiger partial charge in [-0.2, -0.15) is 13.2 Å². The van der Waals surface area contributed by atoms with Crippen molar-refractivity contribution in [3.8, 4) is 5.75 Å². The number of halogens is 3. The lowest BCUT2D eigenvalue weighted by Gasteiger charge is -2.23. The quantitative estimate of drug-likeness (QED) is 0.680. The van der Waals surface area contributed by atoms with Crippen molar-refractivity contribution in [2.24, 2.45) is 0 Å². The van der Waals surface area contributed by atoms with Crippen molar-refractivity contribution in [1.82, 2.24) is 10.2 Å². The molecule has 1 saturated heterocycles. The number of imide groups is 1. The van der Waals surface area contributed by atoms with E-state index in [1.54, 1.807) is 12.1 Å². The fourth-order valence-corrected chi connectivity index (χ4v) is 3.52. The number of β-amino-alcohol motifs (C(OH)–C–C–N with tert-alkyl or cyclic N) is 1. The molecule has 2 aromatic rings. The van der Waals surface area contributed by atoms with Crippen LogP contribution in [0.1, 0.15) is 29.2 Å². The molecule has 9 heteroatoms. The number of amides is 3. The number of aryl methyl sites for hydroxylation is 2. The van der Waals surface area contributed by atoms with E-state index in [9.17, 15) is 27.9 Å². The molecule has 2 atom stereocenters. The highest BCUT2D eigenvalue weighted by atomic mass is 19.4. The van der Waals surface area contributed by atoms with E-state index in [-0.39, 0.29) is 18.7 Å². The van der Waals surface area contributed by atoms with Crippen LogP contribution in [0.25, 0.3) is 0 Å². The molecule has 0 radical (unpaired) electrons. The Hall–Kier alpha value is -3.07. The summed E-state index contributed by atoms with van der Waals surface area (Å²) < 4.78 is 43.9. The van der Waals surface area contributed by atoms with Crippen LogP contribution in [0.4, 0.5) is 18.0 Å². The van der Waals surface area contributed by atoms with Crippen molar-refractivity contribution in [2.75, 3.05) is 13.2 Å². The van der Waals surface area contributed by atoms with Gasteiger partial charge in [-0.1, -0.05) is 18.2 Å². The second kappa shape index (κ2) is 8.22. The van der Waals surface area contributed by atoms with Gasteiger partial charge in [-0.3, -0.25) is 9.69 Å². The number of rotatable bonds is 6. The van der Waals surface area contributed by atoms with Crippen molar-refractivity contribution in [3.63, 3.8) is 0 Å². The number of aliphatic hydroxyl groups excluding tert-OH is 1. The molecule has 3 rings (SSSR count). The Balaban J connectivity index is 1.67. The van der Waals surface area contributed by atoms with Gasteiger partial charge in [0, 0.05) is 0 Å². The zero-order chi connectivity index (χ0) is 23.0. The average Bonchev–Trinajstić information content (AvgIpc) is 2.89. The summed E-state index contributed by atoms with van der Waals surface area (Å²) in [7, 11) is 0. The third-order valence-corrected chi connectivity index (χ3v) is 5.10. The number of hydrogen-bond acceptors (Lipinski definition) is 4. The monoisotopic (exact) mass is 436 g/mol. The second-order valence-corrected chi connectivity index (χ2v) is 7.83. The number of nitrogens with zero attached hydrogens (tertiary/aromatic N) is 1. The van der Waals surface area contributed by atoms with Gasteiger partial charge in [0.05, 0.1) is 12.1 Å². The van der Waals surface area contributed by atoms with Crippen molar-refractivity contribution >= 4 is 11.9 Å². The van der Waals surface area contributed by atoms with Crippen molar-refractivity contribution in [1.29, 1.82) is 0 Å². The fourth-order valence-electron chi connectivity index (χ4n) is 3.52. The lowest BCUT2D eigenvalue weighted by Crippen LogP contribution is -2.42. The molecule has 3 amide bonds. The first-order valence-electron chi connectivity index (χ1n) is 9.61. The fraction of sp³-hybridized carbons (Fsp3) is 0.364. The number of carbonyl (C=O) groups excluding carboxylic acids is 2. The topological polar surface area (TPSA) is 78.9 Å². The summed E-state index contributed by atoms with van der Waals surface area (Å²) >= 11 is 0. The molecule has 2 N–H and O–H groups in total. The molecule has 166 valence electrons. The van der Waals surface area contributed by atoms with Gasteiger partial charge in [0.15, 0.2) is 0 Å². The minimum absolute atomic E-state index is 0.142. The van der Waals surface area contributed by atoms with Crippen LogP contribution in [-0.2, 0) is 16.5 Å². The van der Waals surface area contributed by atoms with Crippen LogP contribution in [-0.4, -0.2) is 41.2 Å². The summed E-state index contributed by atoms with van der Waals surface area (Å²) in [6.45, 7) is 4.77. The van der Waals surface area contributed by atoms with E-state index < -0.39 is 35.3 Å². The van der Waals surface area contributed by atoms with Gasteiger partial charge in [-0.15, -0.1) is 0 Å². The molecule has 0 spiro atoms. The SMILES string of the molecule is Cc1cc(C)cc(OCC(O)CN2C(=O)NC(C)(c3ccc(C(F)(F)F)cc3)C2=O)c1. The standard InChI is InChI=1S/C22H23F3N2O4/c1-13-8-14(2)10-18(9-13)31-12-17(28)11-27-19(29)21(3,26-20(27)30)15-4-6-16(7-5-15)22(23,24)25/h4-10,17,28H,11-12H2,1-3H3,(H,26,30). The summed E-state index contributed by atoms with van der Waals surface area (Å²) in [6, 6.07) is 8.86. The van der Waals surface area contributed by atoms with Crippen LogP contribution in [0.3, 0.4) is 0 Å². The normalized spacial score (nSPS) is 20.0. The van der Waals surface area contributed by atoms with E-state index in [1.807, 2.05) is 19.9 Å². The largest absolute Gasteiger partial charge is 0.491 e. The maximum atomic E-state index is 12.9. The molecule has 2 unspecified atom stereocenters. The van der Waals surface area contributed by atoms with E-state index in [4.69, 9.17) is 4.74 Å². The molecular formula is C22H23F3N2O4. The van der Waals surface area contributed by atoms with Crippen molar-refractivity contribution < 1.29 is 32.6 Å². The number of carbonyl (C=O) groups is 2. The summed E-state index contributed by atoms with van der Waals surface area (Å²) in [4.78, 5) is 26.1. The lowest BCUT2D eigenvalue weighted by molar-refractivity contribution is -0.137. The number of hydrogen-bond donors (Lipinski definition) is 2. The minimum Gasteiger partial charge on any atom is -0.491 e. The highest BCUT2D eigenvalue weighted by Crippen LogP contribution is 2.33.